The Morgan fingerprint density at radius 3 is 2.80 bits per heavy atom. The third kappa shape index (κ3) is 2.92. The van der Waals surface area contributed by atoms with Crippen molar-refractivity contribution in [3.63, 3.8) is 0 Å². The maximum absolute atomic E-state index is 10.5. The first-order valence-corrected chi connectivity index (χ1v) is 4.66. The van der Waals surface area contributed by atoms with Crippen molar-refractivity contribution in [1.82, 2.24) is 0 Å². The van der Waals surface area contributed by atoms with Crippen molar-refractivity contribution < 1.29 is 9.66 Å². The molecule has 82 valence electrons. The molecule has 0 spiro atoms. The summed E-state index contributed by atoms with van der Waals surface area (Å²) in [5.74, 6) is 0.516. The van der Waals surface area contributed by atoms with Gasteiger partial charge in [-0.25, -0.2) is 0 Å². The van der Waals surface area contributed by atoms with E-state index in [1.807, 2.05) is 13.8 Å². The highest BCUT2D eigenvalue weighted by Crippen LogP contribution is 2.24. The van der Waals surface area contributed by atoms with Crippen LogP contribution in [0.4, 0.5) is 5.69 Å². The Hall–Kier alpha value is -1.62. The summed E-state index contributed by atoms with van der Waals surface area (Å²) in [5.41, 5.74) is 6.30. The Kier molecular flexibility index (Phi) is 3.62. The van der Waals surface area contributed by atoms with Crippen LogP contribution in [-0.2, 0) is 0 Å². The van der Waals surface area contributed by atoms with Crippen molar-refractivity contribution in [2.24, 2.45) is 5.73 Å². The lowest BCUT2D eigenvalue weighted by molar-refractivity contribution is -0.385. The highest BCUT2D eigenvalue weighted by molar-refractivity contribution is 5.43. The van der Waals surface area contributed by atoms with E-state index in [2.05, 4.69) is 0 Å². The van der Waals surface area contributed by atoms with Crippen molar-refractivity contribution >= 4 is 5.69 Å². The molecule has 0 aliphatic carbocycles. The van der Waals surface area contributed by atoms with E-state index >= 15 is 0 Å². The molecular weight excluding hydrogens is 196 g/mol. The standard InChI is InChI=1S/C10H14N2O3/c1-7-3-4-9(12(13)14)5-10(7)15-8(2)6-11/h3-5,8H,6,11H2,1-2H3. The van der Waals surface area contributed by atoms with Gasteiger partial charge in [-0.1, -0.05) is 0 Å². The van der Waals surface area contributed by atoms with E-state index in [1.165, 1.54) is 12.1 Å². The van der Waals surface area contributed by atoms with Crippen LogP contribution in [0.1, 0.15) is 12.5 Å². The van der Waals surface area contributed by atoms with Gasteiger partial charge >= 0.3 is 0 Å². The van der Waals surface area contributed by atoms with E-state index in [0.29, 0.717) is 12.3 Å². The van der Waals surface area contributed by atoms with E-state index < -0.39 is 4.92 Å². The lowest BCUT2D eigenvalue weighted by Crippen LogP contribution is -2.23. The predicted molar refractivity (Wildman–Crippen MR) is 57.0 cm³/mol. The molecular formula is C10H14N2O3. The normalized spacial score (nSPS) is 12.2. The molecule has 0 amide bonds. The second kappa shape index (κ2) is 4.75. The molecule has 0 fully saturated rings. The van der Waals surface area contributed by atoms with Gasteiger partial charge in [-0.05, 0) is 25.5 Å². The number of hydrogen-bond acceptors (Lipinski definition) is 4. The monoisotopic (exact) mass is 210 g/mol. The number of rotatable bonds is 4. The van der Waals surface area contributed by atoms with Crippen LogP contribution in [0.5, 0.6) is 5.75 Å². The van der Waals surface area contributed by atoms with Crippen molar-refractivity contribution in [1.29, 1.82) is 0 Å². The molecule has 2 N–H and O–H groups in total. The molecule has 1 unspecified atom stereocenters. The van der Waals surface area contributed by atoms with E-state index in [4.69, 9.17) is 10.5 Å². The number of non-ortho nitro benzene ring substituents is 1. The van der Waals surface area contributed by atoms with Crippen LogP contribution in [0.15, 0.2) is 18.2 Å². The highest BCUT2D eigenvalue weighted by atomic mass is 16.6. The van der Waals surface area contributed by atoms with E-state index in [1.54, 1.807) is 6.07 Å². The number of ether oxygens (including phenoxy) is 1. The molecule has 0 radical (unpaired) electrons. The minimum Gasteiger partial charge on any atom is -0.489 e. The Balaban J connectivity index is 2.95. The average molecular weight is 210 g/mol. The quantitative estimate of drug-likeness (QED) is 0.605. The molecule has 1 atom stereocenters. The van der Waals surface area contributed by atoms with Gasteiger partial charge < -0.3 is 10.5 Å². The first kappa shape index (κ1) is 11.5. The maximum atomic E-state index is 10.5. The topological polar surface area (TPSA) is 78.4 Å². The van der Waals surface area contributed by atoms with Crippen molar-refractivity contribution in [3.05, 3.63) is 33.9 Å². The van der Waals surface area contributed by atoms with Crippen LogP contribution in [0.25, 0.3) is 0 Å². The van der Waals surface area contributed by atoms with Gasteiger partial charge in [0, 0.05) is 12.6 Å². The van der Waals surface area contributed by atoms with Crippen LogP contribution in [-0.4, -0.2) is 17.6 Å². The first-order valence-electron chi connectivity index (χ1n) is 4.66. The van der Waals surface area contributed by atoms with Gasteiger partial charge in [-0.3, -0.25) is 10.1 Å². The van der Waals surface area contributed by atoms with E-state index in [-0.39, 0.29) is 11.8 Å². The van der Waals surface area contributed by atoms with Crippen molar-refractivity contribution in [2.45, 2.75) is 20.0 Å². The smallest absolute Gasteiger partial charge is 0.273 e. The molecule has 1 aromatic rings. The van der Waals surface area contributed by atoms with Gasteiger partial charge in [0.2, 0.25) is 0 Å². The second-order valence-electron chi connectivity index (χ2n) is 3.37. The lowest BCUT2D eigenvalue weighted by Gasteiger charge is -2.14. The zero-order valence-corrected chi connectivity index (χ0v) is 8.77. The van der Waals surface area contributed by atoms with Gasteiger partial charge in [0.05, 0.1) is 11.0 Å². The van der Waals surface area contributed by atoms with Crippen molar-refractivity contribution in [3.8, 4) is 5.75 Å². The second-order valence-corrected chi connectivity index (χ2v) is 3.37. The van der Waals surface area contributed by atoms with Crippen LogP contribution in [0.2, 0.25) is 0 Å². The minimum absolute atomic E-state index is 0.0276. The molecule has 0 heterocycles. The third-order valence-electron chi connectivity index (χ3n) is 2.04. The lowest BCUT2D eigenvalue weighted by atomic mass is 10.2. The number of benzene rings is 1. The van der Waals surface area contributed by atoms with Gasteiger partial charge in [0.1, 0.15) is 11.9 Å². The Morgan fingerprint density at radius 1 is 1.60 bits per heavy atom. The summed E-state index contributed by atoms with van der Waals surface area (Å²) in [6.07, 6.45) is -0.147. The molecule has 15 heavy (non-hydrogen) atoms. The van der Waals surface area contributed by atoms with Gasteiger partial charge in [-0.2, -0.15) is 0 Å². The fourth-order valence-corrected chi connectivity index (χ4v) is 1.09. The number of nitrogens with two attached hydrogens (primary N) is 1. The SMILES string of the molecule is Cc1ccc([N+](=O)[O-])cc1OC(C)CN. The summed E-state index contributed by atoms with van der Waals surface area (Å²) in [4.78, 5) is 10.1. The molecule has 0 aliphatic rings. The maximum Gasteiger partial charge on any atom is 0.273 e. The van der Waals surface area contributed by atoms with Crippen LogP contribution in [0, 0.1) is 17.0 Å². The molecule has 0 aromatic heterocycles. The van der Waals surface area contributed by atoms with Crippen molar-refractivity contribution in [2.75, 3.05) is 6.54 Å². The molecule has 1 aromatic carbocycles. The molecule has 5 heteroatoms. The predicted octanol–water partition coefficient (Wildman–Crippen LogP) is 1.63. The number of hydrogen-bond donors (Lipinski definition) is 1. The highest BCUT2D eigenvalue weighted by Gasteiger charge is 2.11. The number of nitrogens with zero attached hydrogens (tertiary/aromatic N) is 1. The first-order chi connectivity index (χ1) is 7.04. The van der Waals surface area contributed by atoms with Gasteiger partial charge in [-0.15, -0.1) is 0 Å². The molecule has 0 aliphatic heterocycles. The van der Waals surface area contributed by atoms with Crippen LogP contribution < -0.4 is 10.5 Å². The van der Waals surface area contributed by atoms with Crippen LogP contribution in [0.3, 0.4) is 0 Å². The number of nitro groups is 1. The largest absolute Gasteiger partial charge is 0.489 e. The van der Waals surface area contributed by atoms with E-state index in [0.717, 1.165) is 5.56 Å². The minimum atomic E-state index is -0.445. The Labute approximate surface area is 88.0 Å². The zero-order chi connectivity index (χ0) is 11.4. The fourth-order valence-electron chi connectivity index (χ4n) is 1.09. The Bertz CT molecular complexity index is 366. The van der Waals surface area contributed by atoms with Crippen LogP contribution >= 0.6 is 0 Å². The number of nitro benzene ring substituents is 1. The molecule has 5 nitrogen and oxygen atoms in total. The third-order valence-corrected chi connectivity index (χ3v) is 2.04. The number of aryl methyl sites for hydroxylation is 1. The van der Waals surface area contributed by atoms with Gasteiger partial charge in [0.15, 0.2) is 0 Å². The average Bonchev–Trinajstić information content (AvgIpc) is 2.20. The molecule has 0 bridgehead atoms. The molecule has 0 saturated heterocycles. The Morgan fingerprint density at radius 2 is 2.27 bits per heavy atom. The summed E-state index contributed by atoms with van der Waals surface area (Å²) < 4.78 is 5.46. The molecule has 1 rings (SSSR count). The summed E-state index contributed by atoms with van der Waals surface area (Å²) in [5, 5.41) is 10.5. The summed E-state index contributed by atoms with van der Waals surface area (Å²) in [6, 6.07) is 4.54. The summed E-state index contributed by atoms with van der Waals surface area (Å²) in [6.45, 7) is 4.03. The fraction of sp³-hybridized carbons (Fsp3) is 0.400. The molecule has 0 saturated carbocycles. The van der Waals surface area contributed by atoms with Gasteiger partial charge in [0.25, 0.3) is 5.69 Å². The summed E-state index contributed by atoms with van der Waals surface area (Å²) >= 11 is 0. The van der Waals surface area contributed by atoms with E-state index in [9.17, 15) is 10.1 Å². The summed E-state index contributed by atoms with van der Waals surface area (Å²) in [7, 11) is 0. The zero-order valence-electron chi connectivity index (χ0n) is 8.77.